The largest absolute Gasteiger partial charge is 0.493 e. The normalized spacial score (nSPS) is 18.4. The van der Waals surface area contributed by atoms with Crippen LogP contribution in [0.25, 0.3) is 0 Å². The second kappa shape index (κ2) is 12.5. The van der Waals surface area contributed by atoms with Crippen molar-refractivity contribution in [1.82, 2.24) is 5.32 Å². The Labute approximate surface area is 243 Å². The number of Topliss-reactive ketones (excluding diaryl/α,β-unsaturated/α-hetero) is 1. The molecule has 0 bridgehead atoms. The number of ether oxygens (including phenoxy) is 5. The average Bonchev–Trinajstić information content (AvgIpc) is 3.53. The van der Waals surface area contributed by atoms with E-state index in [1.807, 2.05) is 48.7 Å². The lowest BCUT2D eigenvalue weighted by Crippen LogP contribution is -2.36. The second-order valence-electron chi connectivity index (χ2n) is 9.79. The molecule has 1 aliphatic carbocycles. The highest BCUT2D eigenvalue weighted by atomic mass is 32.1. The number of benzene rings is 2. The maximum Gasteiger partial charge on any atom is 0.336 e. The average molecular weight is 576 g/mol. The van der Waals surface area contributed by atoms with Crippen molar-refractivity contribution in [1.29, 1.82) is 0 Å². The highest BCUT2D eigenvalue weighted by Gasteiger charge is 2.42. The zero-order valence-corrected chi connectivity index (χ0v) is 24.3. The van der Waals surface area contributed by atoms with Crippen molar-refractivity contribution in [3.63, 3.8) is 0 Å². The van der Waals surface area contributed by atoms with E-state index < -0.39 is 11.9 Å². The molecule has 41 heavy (non-hydrogen) atoms. The van der Waals surface area contributed by atoms with Crippen molar-refractivity contribution in [3.05, 3.63) is 93.0 Å². The van der Waals surface area contributed by atoms with E-state index in [4.69, 9.17) is 23.7 Å². The van der Waals surface area contributed by atoms with Gasteiger partial charge in [0, 0.05) is 40.1 Å². The van der Waals surface area contributed by atoms with Crippen LogP contribution < -0.4 is 24.3 Å². The van der Waals surface area contributed by atoms with Gasteiger partial charge in [0.2, 0.25) is 5.75 Å². The molecule has 0 saturated heterocycles. The summed E-state index contributed by atoms with van der Waals surface area (Å²) in [5.41, 5.74) is 3.05. The molecule has 9 heteroatoms. The Morgan fingerprint density at radius 3 is 2.32 bits per heavy atom. The van der Waals surface area contributed by atoms with Gasteiger partial charge >= 0.3 is 5.97 Å². The molecule has 214 valence electrons. The minimum absolute atomic E-state index is 0.0129. The zero-order valence-electron chi connectivity index (χ0n) is 23.5. The molecule has 1 aliphatic heterocycles. The molecule has 0 amide bonds. The lowest BCUT2D eigenvalue weighted by atomic mass is 9.72. The number of para-hydroxylation sites is 1. The van der Waals surface area contributed by atoms with Gasteiger partial charge < -0.3 is 29.0 Å². The highest BCUT2D eigenvalue weighted by Crippen LogP contribution is 2.49. The third-order valence-electron chi connectivity index (χ3n) is 7.34. The Morgan fingerprint density at radius 1 is 0.951 bits per heavy atom. The van der Waals surface area contributed by atoms with Crippen LogP contribution in [-0.4, -0.2) is 46.3 Å². The molecule has 2 aliphatic rings. The maximum atomic E-state index is 13.9. The Morgan fingerprint density at radius 2 is 1.68 bits per heavy atom. The lowest BCUT2D eigenvalue weighted by Gasteiger charge is -2.36. The van der Waals surface area contributed by atoms with Crippen molar-refractivity contribution in [3.8, 4) is 23.0 Å². The molecule has 0 radical (unpaired) electrons. The molecular formula is C32H33NO7S. The van der Waals surface area contributed by atoms with E-state index in [-0.39, 0.29) is 24.9 Å². The predicted octanol–water partition coefficient (Wildman–Crippen LogP) is 5.76. The third kappa shape index (κ3) is 5.81. The number of nitrogens with one attached hydrogen (secondary N) is 1. The number of thiophene rings is 1. The summed E-state index contributed by atoms with van der Waals surface area (Å²) in [6.07, 6.45) is 1.02. The highest BCUT2D eigenvalue weighted by molar-refractivity contribution is 7.10. The summed E-state index contributed by atoms with van der Waals surface area (Å²) in [4.78, 5) is 28.7. The Kier molecular flexibility index (Phi) is 8.64. The van der Waals surface area contributed by atoms with E-state index in [1.165, 1.54) is 26.2 Å². The van der Waals surface area contributed by atoms with Gasteiger partial charge in [-0.25, -0.2) is 4.79 Å². The summed E-state index contributed by atoms with van der Waals surface area (Å²) >= 11 is 1.65. The van der Waals surface area contributed by atoms with E-state index in [0.717, 1.165) is 5.70 Å². The lowest BCUT2D eigenvalue weighted by molar-refractivity contribution is -0.140. The van der Waals surface area contributed by atoms with Crippen molar-refractivity contribution in [2.75, 3.05) is 34.5 Å². The van der Waals surface area contributed by atoms with Gasteiger partial charge in [0.15, 0.2) is 17.3 Å². The maximum absolute atomic E-state index is 13.9. The fourth-order valence-corrected chi connectivity index (χ4v) is 6.35. The smallest absolute Gasteiger partial charge is 0.336 e. The van der Waals surface area contributed by atoms with Crippen LogP contribution in [0.1, 0.15) is 42.0 Å². The summed E-state index contributed by atoms with van der Waals surface area (Å²) in [6.45, 7) is 2.08. The first-order valence-corrected chi connectivity index (χ1v) is 14.2. The van der Waals surface area contributed by atoms with Gasteiger partial charge in [-0.3, -0.25) is 4.79 Å². The van der Waals surface area contributed by atoms with Gasteiger partial charge in [-0.15, -0.1) is 11.3 Å². The number of rotatable bonds is 10. The Bertz CT molecular complexity index is 1450. The topological polar surface area (TPSA) is 92.3 Å². The number of dihydropyridines is 1. The van der Waals surface area contributed by atoms with Crippen molar-refractivity contribution in [2.45, 2.75) is 31.6 Å². The van der Waals surface area contributed by atoms with E-state index in [1.54, 1.807) is 23.5 Å². The molecule has 1 N–H and O–H groups in total. The number of allylic oxidation sites excluding steroid dienone is 3. The van der Waals surface area contributed by atoms with Crippen LogP contribution in [0.15, 0.2) is 82.5 Å². The summed E-state index contributed by atoms with van der Waals surface area (Å²) in [5, 5.41) is 5.42. The van der Waals surface area contributed by atoms with Crippen LogP contribution in [0.2, 0.25) is 0 Å². The summed E-state index contributed by atoms with van der Waals surface area (Å²) in [5.74, 6) is 0.845. The van der Waals surface area contributed by atoms with Crippen molar-refractivity contribution < 1.29 is 33.3 Å². The zero-order chi connectivity index (χ0) is 28.9. The summed E-state index contributed by atoms with van der Waals surface area (Å²) in [6, 6.07) is 17.0. The SMILES string of the molecule is COc1cc([C@H]2C(C(=O)OCCOc3ccccc3)=C(C)NC3=C2C(=O)C[C@@H](c2cccs2)C3)cc(OC)c1OC. The molecule has 0 saturated carbocycles. The molecule has 2 aromatic carbocycles. The van der Waals surface area contributed by atoms with E-state index in [2.05, 4.69) is 11.4 Å². The number of ketones is 1. The van der Waals surface area contributed by atoms with Crippen LogP contribution in [-0.2, 0) is 14.3 Å². The van der Waals surface area contributed by atoms with Gasteiger partial charge in [-0.2, -0.15) is 0 Å². The molecule has 2 heterocycles. The molecule has 0 unspecified atom stereocenters. The fraction of sp³-hybridized carbons (Fsp3) is 0.312. The van der Waals surface area contributed by atoms with Crippen LogP contribution in [0.5, 0.6) is 23.0 Å². The number of methoxy groups -OCH3 is 3. The molecule has 8 nitrogen and oxygen atoms in total. The molecule has 0 spiro atoms. The standard InChI is InChI=1S/C32H33NO7S/c1-19-28(32(35)40-13-12-39-22-9-6-5-7-10-22)29(21-17-25(36-2)31(38-4)26(18-21)37-3)30-23(33-19)15-20(16-24(30)34)27-11-8-14-41-27/h5-11,14,17-18,20,29,33H,12-13,15-16H2,1-4H3/t20-,29-/m0/s1. The molecule has 5 rings (SSSR count). The quantitative estimate of drug-likeness (QED) is 0.241. The first-order valence-electron chi connectivity index (χ1n) is 13.4. The van der Waals surface area contributed by atoms with Crippen LogP contribution in [0, 0.1) is 0 Å². The number of hydrogen-bond donors (Lipinski definition) is 1. The van der Waals surface area contributed by atoms with Crippen LogP contribution in [0.4, 0.5) is 0 Å². The molecule has 1 aromatic heterocycles. The van der Waals surface area contributed by atoms with Crippen LogP contribution >= 0.6 is 11.3 Å². The first-order chi connectivity index (χ1) is 19.9. The number of esters is 1. The Balaban J connectivity index is 1.50. The monoisotopic (exact) mass is 575 g/mol. The first kappa shape index (κ1) is 28.3. The number of carbonyl (C=O) groups excluding carboxylic acids is 2. The molecule has 0 fully saturated rings. The van der Waals surface area contributed by atoms with E-state index >= 15 is 0 Å². The van der Waals surface area contributed by atoms with E-state index in [9.17, 15) is 9.59 Å². The van der Waals surface area contributed by atoms with Gasteiger partial charge in [0.05, 0.1) is 26.9 Å². The van der Waals surface area contributed by atoms with Gasteiger partial charge in [0.25, 0.3) is 0 Å². The minimum atomic E-state index is -0.681. The van der Waals surface area contributed by atoms with Crippen LogP contribution in [0.3, 0.4) is 0 Å². The Hall–Kier alpha value is -4.24. The molecule has 3 aromatic rings. The number of carbonyl (C=O) groups is 2. The summed E-state index contributed by atoms with van der Waals surface area (Å²) < 4.78 is 28.1. The van der Waals surface area contributed by atoms with Gasteiger partial charge in [-0.05, 0) is 54.6 Å². The molecular weight excluding hydrogens is 542 g/mol. The van der Waals surface area contributed by atoms with Crippen molar-refractivity contribution >= 4 is 23.1 Å². The van der Waals surface area contributed by atoms with Gasteiger partial charge in [0.1, 0.15) is 19.0 Å². The van der Waals surface area contributed by atoms with E-state index in [0.29, 0.717) is 58.2 Å². The van der Waals surface area contributed by atoms with Crippen molar-refractivity contribution in [2.24, 2.45) is 0 Å². The number of hydrogen-bond acceptors (Lipinski definition) is 9. The molecule has 2 atom stereocenters. The predicted molar refractivity (Wildman–Crippen MR) is 156 cm³/mol. The second-order valence-corrected chi connectivity index (χ2v) is 10.8. The third-order valence-corrected chi connectivity index (χ3v) is 8.38. The van der Waals surface area contributed by atoms with Gasteiger partial charge in [-0.1, -0.05) is 24.3 Å². The summed E-state index contributed by atoms with van der Waals surface area (Å²) in [7, 11) is 4.61. The fourth-order valence-electron chi connectivity index (χ4n) is 5.52. The minimum Gasteiger partial charge on any atom is -0.493 e.